The van der Waals surface area contributed by atoms with E-state index in [1.807, 2.05) is 19.1 Å². The third-order valence-corrected chi connectivity index (χ3v) is 1.88. The molecule has 4 N–H and O–H groups in total. The molecule has 0 aliphatic rings. The van der Waals surface area contributed by atoms with Crippen molar-refractivity contribution < 1.29 is 0 Å². The van der Waals surface area contributed by atoms with Crippen LogP contribution < -0.4 is 11.5 Å². The standard InChI is InChI=1S/C10H15N3/c1-8(4-2-6-11)9-5-3-7-13-10(9)12/h3-5,7H,2,6,11H2,1H3,(H2,12,13). The maximum Gasteiger partial charge on any atom is 0.130 e. The second-order valence-corrected chi connectivity index (χ2v) is 2.90. The van der Waals surface area contributed by atoms with Gasteiger partial charge in [-0.25, -0.2) is 4.98 Å². The van der Waals surface area contributed by atoms with Crippen LogP contribution in [-0.4, -0.2) is 11.5 Å². The molecule has 1 rings (SSSR count). The van der Waals surface area contributed by atoms with E-state index in [4.69, 9.17) is 11.5 Å². The van der Waals surface area contributed by atoms with Gasteiger partial charge in [-0.1, -0.05) is 6.08 Å². The fourth-order valence-electron chi connectivity index (χ4n) is 1.16. The average Bonchev–Trinajstić information content (AvgIpc) is 2.15. The Morgan fingerprint density at radius 1 is 1.62 bits per heavy atom. The fraction of sp³-hybridized carbons (Fsp3) is 0.300. The van der Waals surface area contributed by atoms with Crippen LogP contribution in [0.15, 0.2) is 24.4 Å². The van der Waals surface area contributed by atoms with Crippen molar-refractivity contribution in [3.63, 3.8) is 0 Å². The lowest BCUT2D eigenvalue weighted by Gasteiger charge is -2.03. The maximum atomic E-state index is 5.71. The van der Waals surface area contributed by atoms with Crippen LogP contribution in [0.5, 0.6) is 0 Å². The largest absolute Gasteiger partial charge is 0.383 e. The number of nitrogen functional groups attached to an aromatic ring is 1. The van der Waals surface area contributed by atoms with E-state index in [0.29, 0.717) is 12.4 Å². The van der Waals surface area contributed by atoms with Crippen LogP contribution in [0.1, 0.15) is 18.9 Å². The molecule has 0 fully saturated rings. The SMILES string of the molecule is CC(=CCCN)c1cccnc1N. The summed E-state index contributed by atoms with van der Waals surface area (Å²) in [7, 11) is 0. The summed E-state index contributed by atoms with van der Waals surface area (Å²) in [5.74, 6) is 0.577. The fourth-order valence-corrected chi connectivity index (χ4v) is 1.16. The zero-order valence-electron chi connectivity index (χ0n) is 7.83. The predicted octanol–water partition coefficient (Wildman–Crippen LogP) is 1.42. The minimum Gasteiger partial charge on any atom is -0.383 e. The summed E-state index contributed by atoms with van der Waals surface area (Å²) in [6.07, 6.45) is 4.64. The summed E-state index contributed by atoms with van der Waals surface area (Å²) < 4.78 is 0. The highest BCUT2D eigenvalue weighted by atomic mass is 14.8. The molecule has 0 aromatic carbocycles. The number of allylic oxidation sites excluding steroid dienone is 1. The second-order valence-electron chi connectivity index (χ2n) is 2.90. The molecule has 0 aliphatic carbocycles. The average molecular weight is 177 g/mol. The van der Waals surface area contributed by atoms with E-state index in [-0.39, 0.29) is 0 Å². The van der Waals surface area contributed by atoms with Gasteiger partial charge >= 0.3 is 0 Å². The van der Waals surface area contributed by atoms with Crippen LogP contribution in [0.25, 0.3) is 5.57 Å². The lowest BCUT2D eigenvalue weighted by Crippen LogP contribution is -1.98. The van der Waals surface area contributed by atoms with Crippen molar-refractivity contribution >= 4 is 11.4 Å². The minimum atomic E-state index is 0.577. The smallest absolute Gasteiger partial charge is 0.130 e. The van der Waals surface area contributed by atoms with Crippen LogP contribution >= 0.6 is 0 Å². The zero-order valence-corrected chi connectivity index (χ0v) is 7.83. The molecule has 70 valence electrons. The van der Waals surface area contributed by atoms with Crippen LogP contribution in [0.3, 0.4) is 0 Å². The Kier molecular flexibility index (Phi) is 3.46. The van der Waals surface area contributed by atoms with Crippen molar-refractivity contribution in [1.82, 2.24) is 4.98 Å². The number of pyridine rings is 1. The molecule has 0 radical (unpaired) electrons. The van der Waals surface area contributed by atoms with Crippen molar-refractivity contribution in [3.8, 4) is 0 Å². The molecule has 1 aromatic rings. The molecular weight excluding hydrogens is 162 g/mol. The van der Waals surface area contributed by atoms with E-state index in [2.05, 4.69) is 11.1 Å². The first kappa shape index (κ1) is 9.74. The van der Waals surface area contributed by atoms with Crippen LogP contribution in [0, 0.1) is 0 Å². The molecule has 0 bridgehead atoms. The van der Waals surface area contributed by atoms with Crippen molar-refractivity contribution in [2.45, 2.75) is 13.3 Å². The summed E-state index contributed by atoms with van der Waals surface area (Å²) in [5.41, 5.74) is 13.2. The van der Waals surface area contributed by atoms with E-state index in [1.54, 1.807) is 6.20 Å². The number of nitrogens with two attached hydrogens (primary N) is 2. The summed E-state index contributed by atoms with van der Waals surface area (Å²) >= 11 is 0. The van der Waals surface area contributed by atoms with Gasteiger partial charge in [-0.3, -0.25) is 0 Å². The van der Waals surface area contributed by atoms with E-state index in [1.165, 1.54) is 0 Å². The number of rotatable bonds is 3. The van der Waals surface area contributed by atoms with Crippen LogP contribution in [0.2, 0.25) is 0 Å². The maximum absolute atomic E-state index is 5.71. The highest BCUT2D eigenvalue weighted by Crippen LogP contribution is 2.18. The normalized spacial score (nSPS) is 11.7. The van der Waals surface area contributed by atoms with Gasteiger partial charge in [-0.05, 0) is 37.6 Å². The molecule has 0 saturated heterocycles. The van der Waals surface area contributed by atoms with Crippen molar-refractivity contribution in [1.29, 1.82) is 0 Å². The summed E-state index contributed by atoms with van der Waals surface area (Å²) in [6.45, 7) is 2.68. The zero-order chi connectivity index (χ0) is 9.68. The van der Waals surface area contributed by atoms with Gasteiger partial charge < -0.3 is 11.5 Å². The Labute approximate surface area is 78.5 Å². The quantitative estimate of drug-likeness (QED) is 0.733. The predicted molar refractivity (Wildman–Crippen MR) is 56.0 cm³/mol. The molecule has 3 nitrogen and oxygen atoms in total. The van der Waals surface area contributed by atoms with Gasteiger partial charge in [0.15, 0.2) is 0 Å². The highest BCUT2D eigenvalue weighted by molar-refractivity contribution is 5.71. The van der Waals surface area contributed by atoms with Crippen molar-refractivity contribution in [2.24, 2.45) is 5.73 Å². The summed E-state index contributed by atoms with van der Waals surface area (Å²) in [6, 6.07) is 3.84. The lowest BCUT2D eigenvalue weighted by atomic mass is 10.1. The molecule has 0 amide bonds. The Bertz CT molecular complexity index is 305. The molecule has 13 heavy (non-hydrogen) atoms. The molecule has 3 heteroatoms. The Morgan fingerprint density at radius 3 is 3.00 bits per heavy atom. The Balaban J connectivity index is 2.88. The molecule has 0 saturated carbocycles. The molecule has 1 aromatic heterocycles. The third-order valence-electron chi connectivity index (χ3n) is 1.88. The van der Waals surface area contributed by atoms with Crippen molar-refractivity contribution in [3.05, 3.63) is 30.0 Å². The van der Waals surface area contributed by atoms with Gasteiger partial charge in [0, 0.05) is 11.8 Å². The van der Waals surface area contributed by atoms with Gasteiger partial charge in [-0.15, -0.1) is 0 Å². The van der Waals surface area contributed by atoms with Gasteiger partial charge in [0.25, 0.3) is 0 Å². The van der Waals surface area contributed by atoms with Gasteiger partial charge in [0.05, 0.1) is 0 Å². The number of aromatic nitrogens is 1. The number of hydrogen-bond donors (Lipinski definition) is 2. The first-order chi connectivity index (χ1) is 6.25. The molecule has 0 spiro atoms. The Hall–Kier alpha value is -1.35. The lowest BCUT2D eigenvalue weighted by molar-refractivity contribution is 1.01. The third kappa shape index (κ3) is 2.56. The molecule has 0 unspecified atom stereocenters. The second kappa shape index (κ2) is 4.62. The first-order valence-electron chi connectivity index (χ1n) is 4.33. The molecular formula is C10H15N3. The number of hydrogen-bond acceptors (Lipinski definition) is 3. The minimum absolute atomic E-state index is 0.577. The van der Waals surface area contributed by atoms with Gasteiger partial charge in [-0.2, -0.15) is 0 Å². The molecule has 1 heterocycles. The van der Waals surface area contributed by atoms with E-state index < -0.39 is 0 Å². The number of anilines is 1. The topological polar surface area (TPSA) is 64.9 Å². The van der Waals surface area contributed by atoms with Crippen LogP contribution in [0.4, 0.5) is 5.82 Å². The van der Waals surface area contributed by atoms with Crippen molar-refractivity contribution in [2.75, 3.05) is 12.3 Å². The molecule has 0 aliphatic heterocycles. The van der Waals surface area contributed by atoms with E-state index in [0.717, 1.165) is 17.6 Å². The van der Waals surface area contributed by atoms with Gasteiger partial charge in [0.2, 0.25) is 0 Å². The highest BCUT2D eigenvalue weighted by Gasteiger charge is 1.99. The van der Waals surface area contributed by atoms with Crippen LogP contribution in [-0.2, 0) is 0 Å². The Morgan fingerprint density at radius 2 is 2.38 bits per heavy atom. The van der Waals surface area contributed by atoms with E-state index in [9.17, 15) is 0 Å². The summed E-state index contributed by atoms with van der Waals surface area (Å²) in [4.78, 5) is 4.01. The van der Waals surface area contributed by atoms with E-state index >= 15 is 0 Å². The summed E-state index contributed by atoms with van der Waals surface area (Å²) in [5, 5.41) is 0. The molecule has 0 atom stereocenters. The first-order valence-corrected chi connectivity index (χ1v) is 4.33. The van der Waals surface area contributed by atoms with Gasteiger partial charge in [0.1, 0.15) is 5.82 Å². The monoisotopic (exact) mass is 177 g/mol. The number of nitrogens with zero attached hydrogens (tertiary/aromatic N) is 1.